The Hall–Kier alpha value is -3.96. The molecule has 2 N–H and O–H groups in total. The highest BCUT2D eigenvalue weighted by atomic mass is 19.1. The molecular weight excluding hydrogens is 463 g/mol. The molecule has 0 radical (unpaired) electrons. The Morgan fingerprint density at radius 2 is 2.14 bits per heavy atom. The van der Waals surface area contributed by atoms with Crippen molar-refractivity contribution in [2.75, 3.05) is 43.4 Å². The number of aromatic nitrogens is 1. The first kappa shape index (κ1) is 22.8. The Labute approximate surface area is 199 Å². The molecule has 5 rings (SSSR count). The van der Waals surface area contributed by atoms with Crippen molar-refractivity contribution < 1.29 is 33.3 Å². The van der Waals surface area contributed by atoms with Gasteiger partial charge in [-0.3, -0.25) is 14.5 Å². The van der Waals surface area contributed by atoms with Crippen LogP contribution in [0.25, 0.3) is 10.9 Å². The summed E-state index contributed by atoms with van der Waals surface area (Å²) in [5.74, 6) is -0.772. The summed E-state index contributed by atoms with van der Waals surface area (Å²) < 4.78 is 32.7. The number of halogens is 1. The minimum absolute atomic E-state index is 0.0338. The van der Waals surface area contributed by atoms with Crippen molar-refractivity contribution in [1.29, 1.82) is 0 Å². The highest BCUT2D eigenvalue weighted by Gasteiger charge is 2.41. The average Bonchev–Trinajstić information content (AvgIpc) is 3.23. The molecule has 3 aliphatic rings. The van der Waals surface area contributed by atoms with Gasteiger partial charge in [0.2, 0.25) is 11.2 Å². The van der Waals surface area contributed by atoms with E-state index in [9.17, 15) is 14.4 Å². The van der Waals surface area contributed by atoms with Crippen molar-refractivity contribution in [3.8, 4) is 11.5 Å². The second kappa shape index (κ2) is 8.67. The van der Waals surface area contributed by atoms with Gasteiger partial charge >= 0.3 is 12.2 Å². The second-order valence-electron chi connectivity index (χ2n) is 8.77. The van der Waals surface area contributed by atoms with E-state index < -0.39 is 29.2 Å². The zero-order chi connectivity index (χ0) is 24.9. The zero-order valence-corrected chi connectivity index (χ0v) is 19.2. The number of amides is 1. The maximum atomic E-state index is 15.6. The standard InChI is InChI=1S/C23H25FN4O7/c1-3-33-22(30)25-16-6-4-5-12-8-27(9-14(12)16)19-15(24)7-13-18-21(19)34-11-26(2)28(18)10-17(20(13)29)35-23(31)32/h4-5,7,10,12,14,16H,3,6,8-9,11H2,1-2H3,(H,25,30)(H,31,32). The molecule has 2 aromatic rings. The summed E-state index contributed by atoms with van der Waals surface area (Å²) in [5.41, 5.74) is -0.200. The van der Waals surface area contributed by atoms with Crippen molar-refractivity contribution in [1.82, 2.24) is 9.99 Å². The summed E-state index contributed by atoms with van der Waals surface area (Å²) in [7, 11) is 1.68. The fourth-order valence-corrected chi connectivity index (χ4v) is 5.19. The minimum atomic E-state index is -1.64. The summed E-state index contributed by atoms with van der Waals surface area (Å²) in [6, 6.07) is 0.936. The molecule has 1 amide bonds. The Balaban J connectivity index is 1.55. The van der Waals surface area contributed by atoms with Gasteiger partial charge in [0.15, 0.2) is 18.3 Å². The number of nitrogens with one attached hydrogen (secondary N) is 1. The van der Waals surface area contributed by atoms with E-state index >= 15 is 4.39 Å². The van der Waals surface area contributed by atoms with E-state index in [1.807, 2.05) is 11.0 Å². The molecular formula is C23H25FN4O7. The number of hydrogen-bond acceptors (Lipinski definition) is 8. The number of pyridine rings is 1. The van der Waals surface area contributed by atoms with E-state index in [1.165, 1.54) is 10.9 Å². The quantitative estimate of drug-likeness (QED) is 0.493. The molecule has 1 aromatic heterocycles. The first-order valence-corrected chi connectivity index (χ1v) is 11.3. The van der Waals surface area contributed by atoms with Gasteiger partial charge in [-0.1, -0.05) is 12.2 Å². The topological polar surface area (TPSA) is 123 Å². The Morgan fingerprint density at radius 1 is 1.34 bits per heavy atom. The molecule has 1 aliphatic carbocycles. The van der Waals surface area contributed by atoms with Crippen molar-refractivity contribution in [3.63, 3.8) is 0 Å². The van der Waals surface area contributed by atoms with Crippen LogP contribution in [0.4, 0.5) is 19.7 Å². The van der Waals surface area contributed by atoms with Crippen LogP contribution in [-0.4, -0.2) is 61.5 Å². The second-order valence-corrected chi connectivity index (χ2v) is 8.77. The van der Waals surface area contributed by atoms with Gasteiger partial charge in [0.25, 0.3) is 0 Å². The lowest BCUT2D eigenvalue weighted by atomic mass is 9.83. The molecule has 11 nitrogen and oxygen atoms in total. The number of fused-ring (bicyclic) bond motifs is 1. The van der Waals surface area contributed by atoms with Crippen LogP contribution in [0.1, 0.15) is 13.3 Å². The first-order valence-electron chi connectivity index (χ1n) is 11.3. The summed E-state index contributed by atoms with van der Waals surface area (Å²) in [6.45, 7) is 3.02. The highest BCUT2D eigenvalue weighted by Crippen LogP contribution is 2.44. The first-order chi connectivity index (χ1) is 16.8. The Bertz CT molecular complexity index is 1290. The number of benzene rings is 1. The maximum absolute atomic E-state index is 15.6. The largest absolute Gasteiger partial charge is 0.511 e. The molecule has 35 heavy (non-hydrogen) atoms. The molecule has 1 saturated heterocycles. The molecule has 186 valence electrons. The van der Waals surface area contributed by atoms with Crippen LogP contribution < -0.4 is 30.1 Å². The molecule has 3 heterocycles. The lowest BCUT2D eigenvalue weighted by Gasteiger charge is -2.33. The third-order valence-corrected chi connectivity index (χ3v) is 6.68. The number of hydrogen-bond donors (Lipinski definition) is 2. The molecule has 2 aliphatic heterocycles. The predicted octanol–water partition coefficient (Wildman–Crippen LogP) is 2.24. The Morgan fingerprint density at radius 3 is 2.89 bits per heavy atom. The van der Waals surface area contributed by atoms with Crippen molar-refractivity contribution >= 4 is 28.8 Å². The summed E-state index contributed by atoms with van der Waals surface area (Å²) in [4.78, 5) is 37.8. The van der Waals surface area contributed by atoms with Gasteiger partial charge in [0.1, 0.15) is 11.2 Å². The number of anilines is 1. The SMILES string of the molecule is CCOC(=O)NC1CC=CC2CN(c3c(F)cc4c(=O)c(OC(=O)O)cn5c4c3OCN5C)CC21. The number of nitrogens with zero attached hydrogens (tertiary/aromatic N) is 3. The van der Waals surface area contributed by atoms with E-state index in [0.29, 0.717) is 25.0 Å². The van der Waals surface area contributed by atoms with Gasteiger partial charge in [-0.2, -0.15) is 0 Å². The van der Waals surface area contributed by atoms with Crippen molar-refractivity contribution in [3.05, 3.63) is 40.5 Å². The zero-order valence-electron chi connectivity index (χ0n) is 19.2. The van der Waals surface area contributed by atoms with Crippen LogP contribution in [-0.2, 0) is 4.74 Å². The van der Waals surface area contributed by atoms with E-state index in [2.05, 4.69) is 16.1 Å². The number of alkyl carbamates (subject to hydrolysis) is 1. The summed E-state index contributed by atoms with van der Waals surface area (Å²) >= 11 is 0. The van der Waals surface area contributed by atoms with Gasteiger partial charge in [0, 0.05) is 38.0 Å². The molecule has 3 atom stereocenters. The van der Waals surface area contributed by atoms with Gasteiger partial charge < -0.3 is 29.5 Å². The third-order valence-electron chi connectivity index (χ3n) is 6.68. The fourth-order valence-electron chi connectivity index (χ4n) is 5.19. The molecule has 1 aromatic carbocycles. The van der Waals surface area contributed by atoms with E-state index in [0.717, 1.165) is 6.07 Å². The highest BCUT2D eigenvalue weighted by molar-refractivity contribution is 5.93. The number of rotatable bonds is 4. The number of carbonyl (C=O) groups excluding carboxylic acids is 1. The van der Waals surface area contributed by atoms with Crippen LogP contribution in [0.2, 0.25) is 0 Å². The van der Waals surface area contributed by atoms with Crippen LogP contribution >= 0.6 is 0 Å². The van der Waals surface area contributed by atoms with E-state index in [-0.39, 0.29) is 48.0 Å². The van der Waals surface area contributed by atoms with Crippen LogP contribution in [0, 0.1) is 17.7 Å². The predicted molar refractivity (Wildman–Crippen MR) is 123 cm³/mol. The van der Waals surface area contributed by atoms with Crippen molar-refractivity contribution in [2.45, 2.75) is 19.4 Å². The lowest BCUT2D eigenvalue weighted by Crippen LogP contribution is -2.44. The summed E-state index contributed by atoms with van der Waals surface area (Å²) in [6.07, 6.45) is 3.88. The van der Waals surface area contributed by atoms with Gasteiger partial charge in [-0.05, 0) is 19.4 Å². The normalized spacial score (nSPS) is 22.5. The van der Waals surface area contributed by atoms with Gasteiger partial charge in [-0.15, -0.1) is 0 Å². The Kier molecular flexibility index (Phi) is 5.65. The summed E-state index contributed by atoms with van der Waals surface area (Å²) in [5, 5.41) is 13.5. The minimum Gasteiger partial charge on any atom is -0.467 e. The number of carboxylic acid groups (broad SMARTS) is 1. The van der Waals surface area contributed by atoms with Gasteiger partial charge in [-0.25, -0.2) is 14.0 Å². The fraction of sp³-hybridized carbons (Fsp3) is 0.435. The molecule has 0 spiro atoms. The van der Waals surface area contributed by atoms with E-state index in [4.69, 9.17) is 14.6 Å². The number of ether oxygens (including phenoxy) is 3. The monoisotopic (exact) mass is 488 g/mol. The lowest BCUT2D eigenvalue weighted by molar-refractivity contribution is 0.141. The molecule has 12 heteroatoms. The number of carbonyl (C=O) groups is 2. The average molecular weight is 488 g/mol. The van der Waals surface area contributed by atoms with Crippen LogP contribution in [0.15, 0.2) is 29.2 Å². The van der Waals surface area contributed by atoms with Crippen molar-refractivity contribution in [2.24, 2.45) is 11.8 Å². The van der Waals surface area contributed by atoms with E-state index in [1.54, 1.807) is 19.0 Å². The smallest absolute Gasteiger partial charge is 0.467 e. The molecule has 0 bridgehead atoms. The maximum Gasteiger partial charge on any atom is 0.511 e. The van der Waals surface area contributed by atoms with Crippen LogP contribution in [0.5, 0.6) is 11.5 Å². The molecule has 0 saturated carbocycles. The molecule has 1 fully saturated rings. The van der Waals surface area contributed by atoms with Crippen LogP contribution in [0.3, 0.4) is 0 Å². The third kappa shape index (κ3) is 3.88. The molecule has 3 unspecified atom stereocenters. The van der Waals surface area contributed by atoms with Gasteiger partial charge in [0.05, 0.1) is 18.2 Å².